The van der Waals surface area contributed by atoms with E-state index in [1.54, 1.807) is 0 Å². The van der Waals surface area contributed by atoms with Gasteiger partial charge in [0, 0.05) is 37.2 Å². The highest BCUT2D eigenvalue weighted by atomic mass is 32.1. The molecule has 0 spiro atoms. The maximum atomic E-state index is 2.49. The Morgan fingerprint density at radius 3 is 2.33 bits per heavy atom. The zero-order valence-electron chi connectivity index (χ0n) is 21.8. The van der Waals surface area contributed by atoms with Gasteiger partial charge in [-0.05, 0) is 83.1 Å². The first kappa shape index (κ1) is 21.6. The standard InChI is InChI=1S/C36H24BNS/c1-21-13-16-24(17-14-21)38-29-18-15-22(2)19-28(29)37-27-10-5-7-23-20-32-34(25-8-3-4-12-31(25)39-32)35(33(23)27)26-9-6-11-30(38)36(26)37/h3-20H,1-2H3. The van der Waals surface area contributed by atoms with Crippen molar-refractivity contribution in [1.82, 2.24) is 0 Å². The van der Waals surface area contributed by atoms with Crippen LogP contribution in [0, 0.1) is 13.8 Å². The van der Waals surface area contributed by atoms with E-state index in [1.165, 1.54) is 86.6 Å². The summed E-state index contributed by atoms with van der Waals surface area (Å²) in [6.07, 6.45) is 0. The first-order valence-electron chi connectivity index (χ1n) is 13.6. The first-order chi connectivity index (χ1) is 19.2. The molecule has 0 N–H and O–H groups in total. The van der Waals surface area contributed by atoms with E-state index in [9.17, 15) is 0 Å². The Morgan fingerprint density at radius 1 is 0.615 bits per heavy atom. The molecule has 7 aromatic rings. The number of rotatable bonds is 1. The van der Waals surface area contributed by atoms with Crippen LogP contribution in [0.1, 0.15) is 11.1 Å². The monoisotopic (exact) mass is 513 g/mol. The molecule has 182 valence electrons. The second-order valence-corrected chi connectivity index (χ2v) is 12.2. The van der Waals surface area contributed by atoms with Gasteiger partial charge in [0.05, 0.1) is 0 Å². The summed E-state index contributed by atoms with van der Waals surface area (Å²) in [4.78, 5) is 2.49. The molecule has 2 aliphatic heterocycles. The van der Waals surface area contributed by atoms with E-state index < -0.39 is 0 Å². The molecule has 1 aromatic heterocycles. The van der Waals surface area contributed by atoms with E-state index in [0.717, 1.165) is 0 Å². The predicted octanol–water partition coefficient (Wildman–Crippen LogP) is 8.10. The number of nitrogens with zero attached hydrogens (tertiary/aromatic N) is 1. The van der Waals surface area contributed by atoms with Crippen LogP contribution in [-0.2, 0) is 0 Å². The van der Waals surface area contributed by atoms with Gasteiger partial charge in [0.15, 0.2) is 0 Å². The van der Waals surface area contributed by atoms with Crippen LogP contribution < -0.4 is 21.3 Å². The minimum atomic E-state index is 0.200. The lowest BCUT2D eigenvalue weighted by Gasteiger charge is -2.40. The number of benzene rings is 6. The zero-order chi connectivity index (χ0) is 25.8. The molecule has 6 aromatic carbocycles. The van der Waals surface area contributed by atoms with Crippen molar-refractivity contribution in [2.75, 3.05) is 4.90 Å². The van der Waals surface area contributed by atoms with Crippen molar-refractivity contribution in [1.29, 1.82) is 0 Å². The third kappa shape index (κ3) is 2.81. The summed E-state index contributed by atoms with van der Waals surface area (Å²) in [7, 11) is 0. The summed E-state index contributed by atoms with van der Waals surface area (Å²) in [5, 5.41) is 5.52. The number of aryl methyl sites for hydroxylation is 2. The van der Waals surface area contributed by atoms with Gasteiger partial charge in [-0.1, -0.05) is 89.4 Å². The Morgan fingerprint density at radius 2 is 1.44 bits per heavy atom. The fourth-order valence-electron chi connectivity index (χ4n) is 7.16. The van der Waals surface area contributed by atoms with Gasteiger partial charge in [0.1, 0.15) is 0 Å². The molecule has 0 radical (unpaired) electrons. The van der Waals surface area contributed by atoms with Crippen LogP contribution in [0.5, 0.6) is 0 Å². The van der Waals surface area contributed by atoms with Crippen molar-refractivity contribution in [2.24, 2.45) is 0 Å². The zero-order valence-corrected chi connectivity index (χ0v) is 22.6. The molecular weight excluding hydrogens is 489 g/mol. The summed E-state index contributed by atoms with van der Waals surface area (Å²) in [6, 6.07) is 41.2. The van der Waals surface area contributed by atoms with Gasteiger partial charge >= 0.3 is 0 Å². The molecule has 9 rings (SSSR count). The SMILES string of the molecule is Cc1ccc(N2c3ccc(C)cc3B3c4c(cccc42)-c2c4c3cccc4cc3sc4ccccc4c23)cc1. The van der Waals surface area contributed by atoms with E-state index >= 15 is 0 Å². The third-order valence-electron chi connectivity index (χ3n) is 8.76. The van der Waals surface area contributed by atoms with Crippen molar-refractivity contribution in [2.45, 2.75) is 13.8 Å². The normalized spacial score (nSPS) is 13.3. The Balaban J connectivity index is 1.49. The van der Waals surface area contributed by atoms with E-state index in [-0.39, 0.29) is 6.71 Å². The Bertz CT molecular complexity index is 2150. The minimum Gasteiger partial charge on any atom is -0.312 e. The average Bonchev–Trinajstić information content (AvgIpc) is 3.33. The predicted molar refractivity (Wildman–Crippen MR) is 171 cm³/mol. The highest BCUT2D eigenvalue weighted by Crippen LogP contribution is 2.47. The molecule has 0 atom stereocenters. The van der Waals surface area contributed by atoms with Crippen molar-refractivity contribution in [3.05, 3.63) is 120 Å². The lowest BCUT2D eigenvalue weighted by Crippen LogP contribution is -2.59. The van der Waals surface area contributed by atoms with Gasteiger partial charge in [0.2, 0.25) is 6.71 Å². The van der Waals surface area contributed by atoms with Crippen LogP contribution in [0.15, 0.2) is 109 Å². The minimum absolute atomic E-state index is 0.200. The molecule has 3 heteroatoms. The molecular formula is C36H24BNS. The van der Waals surface area contributed by atoms with Crippen LogP contribution >= 0.6 is 11.3 Å². The maximum absolute atomic E-state index is 2.49. The molecule has 0 amide bonds. The number of hydrogen-bond donors (Lipinski definition) is 0. The number of hydrogen-bond acceptors (Lipinski definition) is 2. The Kier molecular flexibility index (Phi) is 4.22. The van der Waals surface area contributed by atoms with Crippen LogP contribution in [-0.4, -0.2) is 6.71 Å². The summed E-state index contributed by atoms with van der Waals surface area (Å²) in [5.74, 6) is 0. The summed E-state index contributed by atoms with van der Waals surface area (Å²) < 4.78 is 2.73. The van der Waals surface area contributed by atoms with Gasteiger partial charge in [-0.25, -0.2) is 0 Å². The number of fused-ring (bicyclic) bond motifs is 8. The van der Waals surface area contributed by atoms with Gasteiger partial charge in [0.25, 0.3) is 0 Å². The topological polar surface area (TPSA) is 3.24 Å². The molecule has 0 saturated carbocycles. The van der Waals surface area contributed by atoms with E-state index in [0.29, 0.717) is 0 Å². The second-order valence-electron chi connectivity index (χ2n) is 11.1. The summed E-state index contributed by atoms with van der Waals surface area (Å²) >= 11 is 1.91. The van der Waals surface area contributed by atoms with Crippen LogP contribution in [0.2, 0.25) is 0 Å². The van der Waals surface area contributed by atoms with Crippen LogP contribution in [0.3, 0.4) is 0 Å². The summed E-state index contributed by atoms with van der Waals surface area (Å²) in [6.45, 7) is 4.58. The number of thiophene rings is 1. The van der Waals surface area contributed by atoms with E-state index in [1.807, 2.05) is 11.3 Å². The van der Waals surface area contributed by atoms with Crippen molar-refractivity contribution >= 4 is 82.4 Å². The van der Waals surface area contributed by atoms with Gasteiger partial charge in [-0.15, -0.1) is 11.3 Å². The fraction of sp³-hybridized carbons (Fsp3) is 0.0556. The van der Waals surface area contributed by atoms with Gasteiger partial charge < -0.3 is 4.90 Å². The molecule has 0 aliphatic carbocycles. The molecule has 3 heterocycles. The van der Waals surface area contributed by atoms with Crippen LogP contribution in [0.4, 0.5) is 17.1 Å². The Labute approximate surface area is 232 Å². The molecule has 39 heavy (non-hydrogen) atoms. The summed E-state index contributed by atoms with van der Waals surface area (Å²) in [5.41, 5.74) is 13.4. The largest absolute Gasteiger partial charge is 0.312 e. The van der Waals surface area contributed by atoms with E-state index in [2.05, 4.69) is 128 Å². The highest BCUT2D eigenvalue weighted by Gasteiger charge is 2.41. The fourth-order valence-corrected chi connectivity index (χ4v) is 8.32. The smallest absolute Gasteiger partial charge is 0.248 e. The van der Waals surface area contributed by atoms with Crippen molar-refractivity contribution < 1.29 is 0 Å². The van der Waals surface area contributed by atoms with Gasteiger partial charge in [-0.2, -0.15) is 0 Å². The van der Waals surface area contributed by atoms with Gasteiger partial charge in [-0.3, -0.25) is 0 Å². The lowest BCUT2D eigenvalue weighted by molar-refractivity contribution is 1.28. The van der Waals surface area contributed by atoms with E-state index in [4.69, 9.17) is 0 Å². The second kappa shape index (κ2) is 7.62. The lowest BCUT2D eigenvalue weighted by atomic mass is 9.32. The van der Waals surface area contributed by atoms with Crippen molar-refractivity contribution in [3.63, 3.8) is 0 Å². The van der Waals surface area contributed by atoms with Crippen LogP contribution in [0.25, 0.3) is 42.1 Å². The molecule has 1 nitrogen and oxygen atoms in total. The molecule has 0 fully saturated rings. The molecule has 2 aliphatic rings. The first-order valence-corrected chi connectivity index (χ1v) is 14.5. The maximum Gasteiger partial charge on any atom is 0.248 e. The quantitative estimate of drug-likeness (QED) is 0.201. The average molecular weight is 513 g/mol. The van der Waals surface area contributed by atoms with Crippen molar-refractivity contribution in [3.8, 4) is 11.1 Å². The molecule has 0 bridgehead atoms. The highest BCUT2D eigenvalue weighted by molar-refractivity contribution is 7.26. The third-order valence-corrected chi connectivity index (χ3v) is 9.88. The Hall–Kier alpha value is -4.34. The molecule has 0 unspecified atom stereocenters. The number of anilines is 3. The molecule has 0 saturated heterocycles.